The summed E-state index contributed by atoms with van der Waals surface area (Å²) in [7, 11) is 4.09. The van der Waals surface area contributed by atoms with Crippen LogP contribution in [0.25, 0.3) is 0 Å². The second-order valence-electron chi connectivity index (χ2n) is 4.82. The standard InChI is InChI=1S/C12H19NO/c1-13(2)8-10-7-9-5-3-4-6-11(9)12(10)14/h10H,3-8H2,1-2H3. The van der Waals surface area contributed by atoms with E-state index < -0.39 is 0 Å². The van der Waals surface area contributed by atoms with Gasteiger partial charge in [0.15, 0.2) is 5.78 Å². The van der Waals surface area contributed by atoms with Crippen molar-refractivity contribution >= 4 is 5.78 Å². The number of allylic oxidation sites excluding steroid dienone is 2. The summed E-state index contributed by atoms with van der Waals surface area (Å²) in [6, 6.07) is 0. The lowest BCUT2D eigenvalue weighted by Crippen LogP contribution is -2.25. The Morgan fingerprint density at radius 2 is 2.00 bits per heavy atom. The van der Waals surface area contributed by atoms with E-state index >= 15 is 0 Å². The lowest BCUT2D eigenvalue weighted by molar-refractivity contribution is -0.118. The maximum absolute atomic E-state index is 12.0. The first-order valence-corrected chi connectivity index (χ1v) is 5.58. The quantitative estimate of drug-likeness (QED) is 0.668. The van der Waals surface area contributed by atoms with Crippen LogP contribution in [0.15, 0.2) is 11.1 Å². The van der Waals surface area contributed by atoms with Gasteiger partial charge in [0.05, 0.1) is 0 Å². The Hall–Kier alpha value is -0.630. The number of rotatable bonds is 2. The number of carbonyl (C=O) groups is 1. The Labute approximate surface area is 86.0 Å². The smallest absolute Gasteiger partial charge is 0.163 e. The SMILES string of the molecule is CN(C)CC1CC2=C(CCCC2)C1=O. The van der Waals surface area contributed by atoms with Crippen molar-refractivity contribution in [3.8, 4) is 0 Å². The Morgan fingerprint density at radius 3 is 2.64 bits per heavy atom. The summed E-state index contributed by atoms with van der Waals surface area (Å²) >= 11 is 0. The summed E-state index contributed by atoms with van der Waals surface area (Å²) in [5, 5.41) is 0. The third-order valence-corrected chi connectivity index (χ3v) is 3.33. The molecule has 2 nitrogen and oxygen atoms in total. The molecule has 0 amide bonds. The lowest BCUT2D eigenvalue weighted by atomic mass is 9.94. The molecule has 1 atom stereocenters. The Morgan fingerprint density at radius 1 is 1.29 bits per heavy atom. The number of hydrogen-bond acceptors (Lipinski definition) is 2. The van der Waals surface area contributed by atoms with E-state index in [0.29, 0.717) is 5.78 Å². The van der Waals surface area contributed by atoms with Gasteiger partial charge in [0.25, 0.3) is 0 Å². The molecule has 0 saturated carbocycles. The molecule has 2 aliphatic carbocycles. The van der Waals surface area contributed by atoms with Crippen LogP contribution in [0.4, 0.5) is 0 Å². The second-order valence-corrected chi connectivity index (χ2v) is 4.82. The van der Waals surface area contributed by atoms with Gasteiger partial charge in [0.2, 0.25) is 0 Å². The fraction of sp³-hybridized carbons (Fsp3) is 0.750. The van der Waals surface area contributed by atoms with E-state index in [1.165, 1.54) is 30.4 Å². The van der Waals surface area contributed by atoms with Crippen molar-refractivity contribution in [1.29, 1.82) is 0 Å². The molecule has 78 valence electrons. The molecule has 14 heavy (non-hydrogen) atoms. The molecule has 0 spiro atoms. The van der Waals surface area contributed by atoms with Gasteiger partial charge < -0.3 is 4.90 Å². The van der Waals surface area contributed by atoms with Crippen LogP contribution in [0, 0.1) is 5.92 Å². The fourth-order valence-corrected chi connectivity index (χ4v) is 2.72. The van der Waals surface area contributed by atoms with E-state index in [1.54, 1.807) is 0 Å². The number of nitrogens with zero attached hydrogens (tertiary/aromatic N) is 1. The van der Waals surface area contributed by atoms with Crippen LogP contribution in [0.1, 0.15) is 32.1 Å². The molecule has 2 aliphatic rings. The van der Waals surface area contributed by atoms with Gasteiger partial charge in [0, 0.05) is 12.5 Å². The average molecular weight is 193 g/mol. The van der Waals surface area contributed by atoms with Crippen LogP contribution in [-0.4, -0.2) is 31.3 Å². The van der Waals surface area contributed by atoms with Crippen molar-refractivity contribution in [3.05, 3.63) is 11.1 Å². The first-order chi connectivity index (χ1) is 6.68. The number of ketones is 1. The van der Waals surface area contributed by atoms with Crippen molar-refractivity contribution < 1.29 is 4.79 Å². The van der Waals surface area contributed by atoms with E-state index in [-0.39, 0.29) is 5.92 Å². The van der Waals surface area contributed by atoms with Crippen molar-refractivity contribution in [1.82, 2.24) is 4.90 Å². The number of hydrogen-bond donors (Lipinski definition) is 0. The molecule has 0 aliphatic heterocycles. The van der Waals surface area contributed by atoms with Gasteiger partial charge in [-0.1, -0.05) is 5.57 Å². The molecule has 0 aromatic rings. The minimum absolute atomic E-state index is 0.271. The van der Waals surface area contributed by atoms with Crippen LogP contribution >= 0.6 is 0 Å². The van der Waals surface area contributed by atoms with Crippen molar-refractivity contribution in [2.75, 3.05) is 20.6 Å². The largest absolute Gasteiger partial charge is 0.309 e. The van der Waals surface area contributed by atoms with Gasteiger partial charge >= 0.3 is 0 Å². The second kappa shape index (κ2) is 3.85. The molecule has 0 heterocycles. The van der Waals surface area contributed by atoms with E-state index in [0.717, 1.165) is 19.4 Å². The number of carbonyl (C=O) groups excluding carboxylic acids is 1. The van der Waals surface area contributed by atoms with Gasteiger partial charge in [-0.3, -0.25) is 4.79 Å². The van der Waals surface area contributed by atoms with E-state index in [4.69, 9.17) is 0 Å². The minimum atomic E-state index is 0.271. The van der Waals surface area contributed by atoms with E-state index in [1.807, 2.05) is 14.1 Å². The lowest BCUT2D eigenvalue weighted by Gasteiger charge is -2.14. The van der Waals surface area contributed by atoms with Gasteiger partial charge in [-0.25, -0.2) is 0 Å². The van der Waals surface area contributed by atoms with Gasteiger partial charge in [-0.2, -0.15) is 0 Å². The third kappa shape index (κ3) is 1.76. The molecular formula is C12H19NO. The van der Waals surface area contributed by atoms with Gasteiger partial charge in [-0.15, -0.1) is 0 Å². The molecule has 0 aromatic heterocycles. The Kier molecular flexibility index (Phi) is 2.73. The molecule has 0 saturated heterocycles. The highest BCUT2D eigenvalue weighted by molar-refractivity contribution is 6.00. The summed E-state index contributed by atoms with van der Waals surface area (Å²) in [6.45, 7) is 0.922. The zero-order chi connectivity index (χ0) is 10.1. The molecule has 0 radical (unpaired) electrons. The molecule has 0 N–H and O–H groups in total. The molecule has 0 aromatic carbocycles. The number of Topliss-reactive ketones (excluding diaryl/α,β-unsaturated/α-hetero) is 1. The van der Waals surface area contributed by atoms with E-state index in [2.05, 4.69) is 4.90 Å². The highest BCUT2D eigenvalue weighted by Gasteiger charge is 2.33. The Balaban J connectivity index is 2.06. The molecule has 2 rings (SSSR count). The van der Waals surface area contributed by atoms with Gasteiger partial charge in [0.1, 0.15) is 0 Å². The zero-order valence-corrected chi connectivity index (χ0v) is 9.18. The molecule has 1 unspecified atom stereocenters. The topological polar surface area (TPSA) is 20.3 Å². The van der Waals surface area contributed by atoms with Crippen LogP contribution in [-0.2, 0) is 4.79 Å². The predicted molar refractivity (Wildman–Crippen MR) is 57.2 cm³/mol. The molecule has 2 heteroatoms. The molecule has 0 fully saturated rings. The molecule has 0 bridgehead atoms. The van der Waals surface area contributed by atoms with Crippen LogP contribution in [0.3, 0.4) is 0 Å². The van der Waals surface area contributed by atoms with Crippen molar-refractivity contribution in [3.63, 3.8) is 0 Å². The zero-order valence-electron chi connectivity index (χ0n) is 9.18. The summed E-state index contributed by atoms with van der Waals surface area (Å²) in [5.41, 5.74) is 2.68. The van der Waals surface area contributed by atoms with Gasteiger partial charge in [-0.05, 0) is 51.8 Å². The molecular weight excluding hydrogens is 174 g/mol. The highest BCUT2D eigenvalue weighted by atomic mass is 16.1. The Bertz CT molecular complexity index is 278. The summed E-state index contributed by atoms with van der Waals surface area (Å²) in [4.78, 5) is 14.1. The summed E-state index contributed by atoms with van der Waals surface area (Å²) < 4.78 is 0. The summed E-state index contributed by atoms with van der Waals surface area (Å²) in [6.07, 6.45) is 5.80. The third-order valence-electron chi connectivity index (χ3n) is 3.33. The first-order valence-electron chi connectivity index (χ1n) is 5.58. The normalized spacial score (nSPS) is 27.4. The first kappa shape index (κ1) is 9.91. The minimum Gasteiger partial charge on any atom is -0.309 e. The maximum Gasteiger partial charge on any atom is 0.163 e. The predicted octanol–water partition coefficient (Wildman–Crippen LogP) is 2.01. The van der Waals surface area contributed by atoms with Crippen molar-refractivity contribution in [2.24, 2.45) is 5.92 Å². The highest BCUT2D eigenvalue weighted by Crippen LogP contribution is 2.37. The summed E-state index contributed by atoms with van der Waals surface area (Å²) in [5.74, 6) is 0.724. The van der Waals surface area contributed by atoms with Crippen LogP contribution in [0.2, 0.25) is 0 Å². The van der Waals surface area contributed by atoms with Crippen LogP contribution < -0.4 is 0 Å². The maximum atomic E-state index is 12.0. The van der Waals surface area contributed by atoms with Crippen molar-refractivity contribution in [2.45, 2.75) is 32.1 Å². The monoisotopic (exact) mass is 193 g/mol. The fourth-order valence-electron chi connectivity index (χ4n) is 2.72. The van der Waals surface area contributed by atoms with Crippen LogP contribution in [0.5, 0.6) is 0 Å². The van der Waals surface area contributed by atoms with E-state index in [9.17, 15) is 4.79 Å². The average Bonchev–Trinajstić information content (AvgIpc) is 2.44.